The molecule has 1 saturated heterocycles. The van der Waals surface area contributed by atoms with Crippen LogP contribution in [0.4, 0.5) is 5.69 Å². The Morgan fingerprint density at radius 3 is 3.00 bits per heavy atom. The highest BCUT2D eigenvalue weighted by molar-refractivity contribution is 5.98. The molecule has 1 aromatic rings. The summed E-state index contributed by atoms with van der Waals surface area (Å²) in [6.45, 7) is 3.10. The zero-order valence-corrected chi connectivity index (χ0v) is 10.8. The van der Waals surface area contributed by atoms with E-state index in [1.165, 1.54) is 6.07 Å². The lowest BCUT2D eigenvalue weighted by molar-refractivity contribution is -0.385. The van der Waals surface area contributed by atoms with E-state index in [1.807, 2.05) is 0 Å². The summed E-state index contributed by atoms with van der Waals surface area (Å²) in [5.74, 6) is -0.385. The molecular formula is C13H17N3O3. The molecule has 1 aromatic carbocycles. The minimum absolute atomic E-state index is 0.112. The number of rotatable bonds is 4. The van der Waals surface area contributed by atoms with E-state index in [-0.39, 0.29) is 23.2 Å². The summed E-state index contributed by atoms with van der Waals surface area (Å²) in [6, 6.07) is 5.05. The fourth-order valence-corrected chi connectivity index (χ4v) is 2.33. The number of nitrogens with zero attached hydrogens (tertiary/aromatic N) is 1. The number of amides is 1. The van der Waals surface area contributed by atoms with Crippen molar-refractivity contribution in [3.05, 3.63) is 39.4 Å². The fourth-order valence-electron chi connectivity index (χ4n) is 2.33. The minimum atomic E-state index is -0.502. The molecule has 0 spiro atoms. The molecule has 102 valence electrons. The van der Waals surface area contributed by atoms with Gasteiger partial charge in [0.05, 0.1) is 4.92 Å². The van der Waals surface area contributed by atoms with Crippen LogP contribution in [0.2, 0.25) is 0 Å². The first-order valence-corrected chi connectivity index (χ1v) is 6.35. The van der Waals surface area contributed by atoms with Gasteiger partial charge in [-0.05, 0) is 32.4 Å². The normalized spacial score (nSPS) is 18.3. The van der Waals surface area contributed by atoms with Gasteiger partial charge >= 0.3 is 0 Å². The molecule has 1 heterocycles. The van der Waals surface area contributed by atoms with Gasteiger partial charge in [0.15, 0.2) is 0 Å². The number of nitrogens with one attached hydrogen (secondary N) is 2. The first kappa shape index (κ1) is 13.5. The highest BCUT2D eigenvalue weighted by atomic mass is 16.6. The lowest BCUT2D eigenvalue weighted by Crippen LogP contribution is -2.37. The van der Waals surface area contributed by atoms with E-state index in [9.17, 15) is 14.9 Å². The van der Waals surface area contributed by atoms with E-state index in [0.717, 1.165) is 19.4 Å². The lowest BCUT2D eigenvalue weighted by Gasteiger charge is -2.12. The van der Waals surface area contributed by atoms with Crippen LogP contribution >= 0.6 is 0 Å². The van der Waals surface area contributed by atoms with Gasteiger partial charge in [-0.3, -0.25) is 14.9 Å². The summed E-state index contributed by atoms with van der Waals surface area (Å²) in [5, 5.41) is 17.0. The van der Waals surface area contributed by atoms with Crippen LogP contribution in [0.1, 0.15) is 28.8 Å². The second kappa shape index (κ2) is 5.79. The summed E-state index contributed by atoms with van der Waals surface area (Å²) in [7, 11) is 0. The summed E-state index contributed by atoms with van der Waals surface area (Å²) in [4.78, 5) is 22.6. The summed E-state index contributed by atoms with van der Waals surface area (Å²) in [5.41, 5.74) is 0.513. The van der Waals surface area contributed by atoms with Gasteiger partial charge in [-0.25, -0.2) is 0 Å². The Labute approximate surface area is 111 Å². The predicted octanol–water partition coefficient (Wildman–Crippen LogP) is 1.39. The third kappa shape index (κ3) is 3.08. The average molecular weight is 263 g/mol. The van der Waals surface area contributed by atoms with Crippen molar-refractivity contribution < 1.29 is 9.72 Å². The van der Waals surface area contributed by atoms with Gasteiger partial charge in [0.25, 0.3) is 11.6 Å². The van der Waals surface area contributed by atoms with Gasteiger partial charge in [-0.1, -0.05) is 12.1 Å². The van der Waals surface area contributed by atoms with Crippen molar-refractivity contribution in [1.82, 2.24) is 10.6 Å². The van der Waals surface area contributed by atoms with Gasteiger partial charge in [0.1, 0.15) is 5.56 Å². The minimum Gasteiger partial charge on any atom is -0.350 e. The number of carbonyl (C=O) groups is 1. The van der Waals surface area contributed by atoms with E-state index >= 15 is 0 Å². The molecule has 19 heavy (non-hydrogen) atoms. The lowest BCUT2D eigenvalue weighted by atomic mass is 10.1. The maximum absolute atomic E-state index is 12.0. The zero-order chi connectivity index (χ0) is 13.8. The second-order valence-corrected chi connectivity index (χ2v) is 4.73. The van der Waals surface area contributed by atoms with Crippen LogP contribution in [-0.2, 0) is 0 Å². The standard InChI is InChI=1S/C13H17N3O3/c1-9-4-2-6-11(12(9)16(18)19)13(17)15-8-10-5-3-7-14-10/h2,4,6,10,14H,3,5,7-8H2,1H3,(H,15,17). The molecule has 1 amide bonds. The number of para-hydroxylation sites is 1. The number of aryl methyl sites for hydroxylation is 1. The van der Waals surface area contributed by atoms with E-state index in [0.29, 0.717) is 12.1 Å². The van der Waals surface area contributed by atoms with Gasteiger partial charge in [-0.15, -0.1) is 0 Å². The summed E-state index contributed by atoms with van der Waals surface area (Å²) < 4.78 is 0. The maximum Gasteiger partial charge on any atom is 0.285 e. The van der Waals surface area contributed by atoms with E-state index in [1.54, 1.807) is 19.1 Å². The Bertz CT molecular complexity index is 496. The fraction of sp³-hybridized carbons (Fsp3) is 0.462. The molecule has 1 atom stereocenters. The maximum atomic E-state index is 12.0. The van der Waals surface area contributed by atoms with Gasteiger partial charge in [0, 0.05) is 18.2 Å². The van der Waals surface area contributed by atoms with Crippen molar-refractivity contribution in [2.75, 3.05) is 13.1 Å². The van der Waals surface area contributed by atoms with Crippen molar-refractivity contribution >= 4 is 11.6 Å². The zero-order valence-electron chi connectivity index (χ0n) is 10.8. The van der Waals surface area contributed by atoms with Gasteiger partial charge in [-0.2, -0.15) is 0 Å². The smallest absolute Gasteiger partial charge is 0.285 e. The van der Waals surface area contributed by atoms with E-state index in [4.69, 9.17) is 0 Å². The molecule has 0 saturated carbocycles. The molecule has 1 aliphatic heterocycles. The molecule has 1 aliphatic rings. The van der Waals surface area contributed by atoms with Gasteiger partial charge < -0.3 is 10.6 Å². The molecule has 0 bridgehead atoms. The monoisotopic (exact) mass is 263 g/mol. The van der Waals surface area contributed by atoms with E-state index < -0.39 is 4.92 Å². The average Bonchev–Trinajstić information content (AvgIpc) is 2.88. The molecule has 1 unspecified atom stereocenters. The number of nitro groups is 1. The molecule has 6 nitrogen and oxygen atoms in total. The summed E-state index contributed by atoms with van der Waals surface area (Å²) >= 11 is 0. The quantitative estimate of drug-likeness (QED) is 0.635. The van der Waals surface area contributed by atoms with Crippen LogP contribution in [0.3, 0.4) is 0 Å². The van der Waals surface area contributed by atoms with Crippen LogP contribution in [0.15, 0.2) is 18.2 Å². The highest BCUT2D eigenvalue weighted by Crippen LogP contribution is 2.22. The van der Waals surface area contributed by atoms with Crippen molar-refractivity contribution in [1.29, 1.82) is 0 Å². The molecular weight excluding hydrogens is 246 g/mol. The number of benzene rings is 1. The number of hydrogen-bond acceptors (Lipinski definition) is 4. The molecule has 0 radical (unpaired) electrons. The van der Waals surface area contributed by atoms with Crippen molar-refractivity contribution in [3.63, 3.8) is 0 Å². The molecule has 2 rings (SSSR count). The topological polar surface area (TPSA) is 84.3 Å². The molecule has 2 N–H and O–H groups in total. The number of carbonyl (C=O) groups excluding carboxylic acids is 1. The number of hydrogen-bond donors (Lipinski definition) is 2. The molecule has 1 fully saturated rings. The summed E-state index contributed by atoms with van der Waals surface area (Å²) in [6.07, 6.45) is 2.13. The number of nitro benzene ring substituents is 1. The van der Waals surface area contributed by atoms with Crippen molar-refractivity contribution in [2.24, 2.45) is 0 Å². The first-order chi connectivity index (χ1) is 9.09. The third-order valence-corrected chi connectivity index (χ3v) is 3.34. The third-order valence-electron chi connectivity index (χ3n) is 3.34. The Morgan fingerprint density at radius 1 is 1.58 bits per heavy atom. The van der Waals surface area contributed by atoms with Crippen molar-refractivity contribution in [3.8, 4) is 0 Å². The van der Waals surface area contributed by atoms with Crippen LogP contribution in [0.5, 0.6) is 0 Å². The molecule has 0 aliphatic carbocycles. The molecule has 0 aromatic heterocycles. The van der Waals surface area contributed by atoms with Crippen molar-refractivity contribution in [2.45, 2.75) is 25.8 Å². The SMILES string of the molecule is Cc1cccc(C(=O)NCC2CCCN2)c1[N+](=O)[O-]. The molecule has 6 heteroatoms. The predicted molar refractivity (Wildman–Crippen MR) is 71.2 cm³/mol. The van der Waals surface area contributed by atoms with Crippen LogP contribution in [-0.4, -0.2) is 30.0 Å². The Hall–Kier alpha value is -1.95. The largest absolute Gasteiger partial charge is 0.350 e. The van der Waals surface area contributed by atoms with Gasteiger partial charge in [0.2, 0.25) is 0 Å². The Balaban J connectivity index is 2.10. The Morgan fingerprint density at radius 2 is 2.37 bits per heavy atom. The van der Waals surface area contributed by atoms with Crippen LogP contribution < -0.4 is 10.6 Å². The van der Waals surface area contributed by atoms with Crippen LogP contribution in [0.25, 0.3) is 0 Å². The Kier molecular flexibility index (Phi) is 4.11. The van der Waals surface area contributed by atoms with Crippen LogP contribution in [0, 0.1) is 17.0 Å². The second-order valence-electron chi connectivity index (χ2n) is 4.73. The van der Waals surface area contributed by atoms with E-state index in [2.05, 4.69) is 10.6 Å². The highest BCUT2D eigenvalue weighted by Gasteiger charge is 2.23. The first-order valence-electron chi connectivity index (χ1n) is 6.35.